The number of likely N-dealkylation sites (N-methyl/N-ethyl adjacent to an activating group) is 1. The van der Waals surface area contributed by atoms with Crippen LogP contribution in [-0.4, -0.2) is 30.8 Å². The summed E-state index contributed by atoms with van der Waals surface area (Å²) in [7, 11) is 1.83. The standard InChI is InChI=1S/C11H14ClFN2O/c1-7-10(3-4-16-7)15(2)11-9(13)5-8(12)6-14-11/h5-7,10H,3-4H2,1-2H3. The fourth-order valence-electron chi connectivity index (χ4n) is 2.05. The van der Waals surface area contributed by atoms with Crippen LogP contribution in [0.15, 0.2) is 12.3 Å². The number of nitrogens with zero attached hydrogens (tertiary/aromatic N) is 2. The summed E-state index contributed by atoms with van der Waals surface area (Å²) in [5.74, 6) is -0.0687. The van der Waals surface area contributed by atoms with Gasteiger partial charge in [0.2, 0.25) is 0 Å². The molecule has 5 heteroatoms. The molecule has 0 amide bonds. The molecule has 1 aliphatic rings. The van der Waals surface area contributed by atoms with Crippen LogP contribution in [-0.2, 0) is 4.74 Å². The molecule has 2 rings (SSSR count). The molecule has 2 atom stereocenters. The normalized spacial score (nSPS) is 24.8. The highest BCUT2D eigenvalue weighted by molar-refractivity contribution is 6.30. The van der Waals surface area contributed by atoms with E-state index < -0.39 is 5.82 Å². The van der Waals surface area contributed by atoms with Crippen LogP contribution < -0.4 is 4.90 Å². The molecule has 0 bridgehead atoms. The summed E-state index contributed by atoms with van der Waals surface area (Å²) in [6.07, 6.45) is 2.44. The highest BCUT2D eigenvalue weighted by Gasteiger charge is 2.29. The van der Waals surface area contributed by atoms with Gasteiger partial charge in [0.25, 0.3) is 0 Å². The Morgan fingerprint density at radius 1 is 1.62 bits per heavy atom. The summed E-state index contributed by atoms with van der Waals surface area (Å²) in [5, 5.41) is 0.311. The van der Waals surface area contributed by atoms with Gasteiger partial charge in [-0.1, -0.05) is 11.6 Å². The molecular weight excluding hydrogens is 231 g/mol. The van der Waals surface area contributed by atoms with Gasteiger partial charge in [0.1, 0.15) is 0 Å². The average molecular weight is 245 g/mol. The van der Waals surface area contributed by atoms with E-state index in [1.165, 1.54) is 12.3 Å². The fraction of sp³-hybridized carbons (Fsp3) is 0.545. The molecule has 0 spiro atoms. The van der Waals surface area contributed by atoms with Gasteiger partial charge in [0.05, 0.1) is 17.2 Å². The van der Waals surface area contributed by atoms with Gasteiger partial charge in [0.15, 0.2) is 11.6 Å². The molecule has 16 heavy (non-hydrogen) atoms. The first kappa shape index (κ1) is 11.6. The van der Waals surface area contributed by atoms with Crippen molar-refractivity contribution in [3.8, 4) is 0 Å². The van der Waals surface area contributed by atoms with Gasteiger partial charge in [-0.05, 0) is 19.4 Å². The molecule has 0 aromatic carbocycles. The minimum atomic E-state index is -0.394. The highest BCUT2D eigenvalue weighted by atomic mass is 35.5. The summed E-state index contributed by atoms with van der Waals surface area (Å²) < 4.78 is 19.1. The van der Waals surface area contributed by atoms with Gasteiger partial charge < -0.3 is 9.64 Å². The molecular formula is C11H14ClFN2O. The lowest BCUT2D eigenvalue weighted by Gasteiger charge is -2.27. The number of aromatic nitrogens is 1. The third kappa shape index (κ3) is 2.13. The van der Waals surface area contributed by atoms with Crippen molar-refractivity contribution < 1.29 is 9.13 Å². The monoisotopic (exact) mass is 244 g/mol. The number of hydrogen-bond donors (Lipinski definition) is 0. The largest absolute Gasteiger partial charge is 0.376 e. The molecule has 1 aliphatic heterocycles. The maximum absolute atomic E-state index is 13.7. The number of rotatable bonds is 2. The van der Waals surface area contributed by atoms with E-state index >= 15 is 0 Å². The zero-order valence-corrected chi connectivity index (χ0v) is 10.0. The van der Waals surface area contributed by atoms with Crippen molar-refractivity contribution in [1.29, 1.82) is 0 Å². The van der Waals surface area contributed by atoms with Crippen LogP contribution in [0.2, 0.25) is 5.02 Å². The molecule has 1 aromatic heterocycles. The average Bonchev–Trinajstić information content (AvgIpc) is 2.63. The Labute approximate surface area is 99.2 Å². The number of hydrogen-bond acceptors (Lipinski definition) is 3. The predicted molar refractivity (Wildman–Crippen MR) is 61.4 cm³/mol. The van der Waals surface area contributed by atoms with E-state index in [2.05, 4.69) is 4.98 Å². The van der Waals surface area contributed by atoms with Crippen LogP contribution in [0, 0.1) is 5.82 Å². The Kier molecular flexibility index (Phi) is 3.30. The first-order chi connectivity index (χ1) is 7.59. The smallest absolute Gasteiger partial charge is 0.167 e. The van der Waals surface area contributed by atoms with Crippen LogP contribution in [0.25, 0.3) is 0 Å². The number of pyridine rings is 1. The number of ether oxygens (including phenoxy) is 1. The maximum atomic E-state index is 13.7. The van der Waals surface area contributed by atoms with Crippen molar-refractivity contribution in [3.05, 3.63) is 23.1 Å². The Morgan fingerprint density at radius 2 is 2.38 bits per heavy atom. The molecule has 0 radical (unpaired) electrons. The van der Waals surface area contributed by atoms with Crippen molar-refractivity contribution in [2.45, 2.75) is 25.5 Å². The minimum Gasteiger partial charge on any atom is -0.376 e. The van der Waals surface area contributed by atoms with E-state index in [0.29, 0.717) is 17.4 Å². The Hall–Kier alpha value is -0.870. The molecule has 0 N–H and O–H groups in total. The lowest BCUT2D eigenvalue weighted by molar-refractivity contribution is 0.118. The molecule has 1 aromatic rings. The Balaban J connectivity index is 2.23. The molecule has 2 heterocycles. The molecule has 3 nitrogen and oxygen atoms in total. The van der Waals surface area contributed by atoms with Gasteiger partial charge in [-0.3, -0.25) is 0 Å². The SMILES string of the molecule is CC1OCCC1N(C)c1ncc(Cl)cc1F. The lowest BCUT2D eigenvalue weighted by Crippen LogP contribution is -2.37. The topological polar surface area (TPSA) is 25.4 Å². The van der Waals surface area contributed by atoms with Crippen LogP contribution in [0.3, 0.4) is 0 Å². The van der Waals surface area contributed by atoms with Crippen molar-refractivity contribution >= 4 is 17.4 Å². The zero-order valence-electron chi connectivity index (χ0n) is 9.28. The maximum Gasteiger partial charge on any atom is 0.167 e. The summed E-state index contributed by atoms with van der Waals surface area (Å²) in [6, 6.07) is 1.45. The molecule has 0 aliphatic carbocycles. The van der Waals surface area contributed by atoms with Gasteiger partial charge in [0, 0.05) is 19.9 Å². The van der Waals surface area contributed by atoms with Crippen molar-refractivity contribution in [2.75, 3.05) is 18.6 Å². The molecule has 2 unspecified atom stereocenters. The molecule has 1 saturated heterocycles. The lowest BCUT2D eigenvalue weighted by atomic mass is 10.1. The quantitative estimate of drug-likeness (QED) is 0.799. The van der Waals surface area contributed by atoms with E-state index in [9.17, 15) is 4.39 Å². The second-order valence-corrected chi connectivity index (χ2v) is 4.44. The van der Waals surface area contributed by atoms with Gasteiger partial charge in [-0.2, -0.15) is 0 Å². The van der Waals surface area contributed by atoms with Crippen molar-refractivity contribution in [3.63, 3.8) is 0 Å². The molecule has 0 saturated carbocycles. The highest BCUT2D eigenvalue weighted by Crippen LogP contribution is 2.25. The first-order valence-corrected chi connectivity index (χ1v) is 5.63. The summed E-state index contributed by atoms with van der Waals surface area (Å²) >= 11 is 5.66. The van der Waals surface area contributed by atoms with Gasteiger partial charge in [-0.15, -0.1) is 0 Å². The minimum absolute atomic E-state index is 0.0990. The third-order valence-electron chi connectivity index (χ3n) is 2.96. The van der Waals surface area contributed by atoms with E-state index in [1.807, 2.05) is 18.9 Å². The fourth-order valence-corrected chi connectivity index (χ4v) is 2.20. The molecule has 88 valence electrons. The van der Waals surface area contributed by atoms with Crippen LogP contribution in [0.1, 0.15) is 13.3 Å². The second-order valence-electron chi connectivity index (χ2n) is 4.00. The number of halogens is 2. The third-order valence-corrected chi connectivity index (χ3v) is 3.16. The molecule has 1 fully saturated rings. The van der Waals surface area contributed by atoms with Crippen molar-refractivity contribution in [2.24, 2.45) is 0 Å². The van der Waals surface area contributed by atoms with Crippen LogP contribution in [0.5, 0.6) is 0 Å². The summed E-state index contributed by atoms with van der Waals surface area (Å²) in [5.41, 5.74) is 0. The first-order valence-electron chi connectivity index (χ1n) is 5.25. The van der Waals surface area contributed by atoms with Gasteiger partial charge >= 0.3 is 0 Å². The van der Waals surface area contributed by atoms with E-state index in [0.717, 1.165) is 6.42 Å². The van der Waals surface area contributed by atoms with Gasteiger partial charge in [-0.25, -0.2) is 9.37 Å². The van der Waals surface area contributed by atoms with Crippen LogP contribution >= 0.6 is 11.6 Å². The van der Waals surface area contributed by atoms with E-state index in [4.69, 9.17) is 16.3 Å². The van der Waals surface area contributed by atoms with E-state index in [1.54, 1.807) is 0 Å². The Bertz CT molecular complexity index is 388. The van der Waals surface area contributed by atoms with Crippen molar-refractivity contribution in [1.82, 2.24) is 4.98 Å². The summed E-state index contributed by atoms with van der Waals surface area (Å²) in [4.78, 5) is 5.84. The Morgan fingerprint density at radius 3 is 2.94 bits per heavy atom. The summed E-state index contributed by atoms with van der Waals surface area (Å²) in [6.45, 7) is 2.70. The predicted octanol–water partition coefficient (Wildman–Crippen LogP) is 2.49. The second kappa shape index (κ2) is 4.55. The zero-order chi connectivity index (χ0) is 11.7. The number of anilines is 1. The van der Waals surface area contributed by atoms with E-state index in [-0.39, 0.29) is 12.1 Å². The van der Waals surface area contributed by atoms with Crippen LogP contribution in [0.4, 0.5) is 10.2 Å².